The Labute approximate surface area is 191 Å². The molecule has 2 aromatic carbocycles. The van der Waals surface area contributed by atoms with Crippen LogP contribution in [0.25, 0.3) is 22.0 Å². The van der Waals surface area contributed by atoms with Crippen molar-refractivity contribution in [3.05, 3.63) is 60.0 Å². The van der Waals surface area contributed by atoms with Gasteiger partial charge in [-0.1, -0.05) is 24.2 Å². The molecule has 1 saturated heterocycles. The Bertz CT molecular complexity index is 1190. The van der Waals surface area contributed by atoms with Crippen LogP contribution in [0.3, 0.4) is 0 Å². The lowest BCUT2D eigenvalue weighted by Gasteiger charge is -2.37. The largest absolute Gasteiger partial charge is 0.507 e. The fourth-order valence-corrected chi connectivity index (χ4v) is 4.36. The quantitative estimate of drug-likeness (QED) is 0.595. The summed E-state index contributed by atoms with van der Waals surface area (Å²) in [7, 11) is 3.88. The first kappa shape index (κ1) is 21.9. The van der Waals surface area contributed by atoms with Gasteiger partial charge in [-0.25, -0.2) is 4.39 Å². The van der Waals surface area contributed by atoms with Crippen LogP contribution in [-0.2, 0) is 4.79 Å². The van der Waals surface area contributed by atoms with Gasteiger partial charge in [0.2, 0.25) is 5.91 Å². The van der Waals surface area contributed by atoms with Crippen LogP contribution in [0.1, 0.15) is 0 Å². The lowest BCUT2D eigenvalue weighted by Crippen LogP contribution is -2.48. The summed E-state index contributed by atoms with van der Waals surface area (Å²) >= 11 is 6.61. The second kappa shape index (κ2) is 8.67. The molecule has 1 fully saturated rings. The molecule has 0 saturated carbocycles. The van der Waals surface area contributed by atoms with Gasteiger partial charge in [-0.05, 0) is 30.3 Å². The summed E-state index contributed by atoms with van der Waals surface area (Å²) in [5.74, 6) is -0.812. The lowest BCUT2D eigenvalue weighted by atomic mass is 10.0. The summed E-state index contributed by atoms with van der Waals surface area (Å²) in [5.41, 5.74) is 2.94. The molecular weight excluding hydrogens is 431 g/mol. The average molecular weight is 455 g/mol. The fourth-order valence-electron chi connectivity index (χ4n) is 4.10. The highest BCUT2D eigenvalue weighted by molar-refractivity contribution is 6.34. The van der Waals surface area contributed by atoms with Crippen LogP contribution >= 0.6 is 11.6 Å². The Morgan fingerprint density at radius 2 is 1.97 bits per heavy atom. The Morgan fingerprint density at radius 3 is 2.59 bits per heavy atom. The van der Waals surface area contributed by atoms with Crippen molar-refractivity contribution in [2.75, 3.05) is 50.1 Å². The van der Waals surface area contributed by atoms with E-state index in [1.54, 1.807) is 23.2 Å². The number of pyridine rings is 1. The molecule has 1 amide bonds. The van der Waals surface area contributed by atoms with Crippen LogP contribution in [0.2, 0.25) is 5.02 Å². The molecule has 1 aromatic heterocycles. The summed E-state index contributed by atoms with van der Waals surface area (Å²) in [6.45, 7) is 6.02. The molecule has 32 heavy (non-hydrogen) atoms. The van der Waals surface area contributed by atoms with Gasteiger partial charge < -0.3 is 19.8 Å². The normalized spacial score (nSPS) is 14.0. The van der Waals surface area contributed by atoms with E-state index in [-0.39, 0.29) is 17.2 Å². The number of carbonyl (C=O) groups excluding carboxylic acids is 1. The minimum Gasteiger partial charge on any atom is -0.507 e. The Morgan fingerprint density at radius 1 is 1.25 bits per heavy atom. The van der Waals surface area contributed by atoms with Gasteiger partial charge in [-0.2, -0.15) is 0 Å². The molecule has 8 heteroatoms. The van der Waals surface area contributed by atoms with Crippen LogP contribution in [0.4, 0.5) is 15.8 Å². The highest BCUT2D eigenvalue weighted by atomic mass is 35.5. The molecule has 4 rings (SSSR count). The van der Waals surface area contributed by atoms with E-state index in [0.29, 0.717) is 42.3 Å². The smallest absolute Gasteiger partial charge is 0.246 e. The van der Waals surface area contributed by atoms with Crippen molar-refractivity contribution >= 4 is 39.8 Å². The maximum atomic E-state index is 14.5. The molecule has 3 aromatic rings. The summed E-state index contributed by atoms with van der Waals surface area (Å²) in [6.07, 6.45) is 3.11. The van der Waals surface area contributed by atoms with Crippen molar-refractivity contribution in [3.63, 3.8) is 0 Å². The number of carbonyl (C=O) groups is 1. The number of aromatic hydroxyl groups is 1. The first-order valence-corrected chi connectivity index (χ1v) is 10.6. The zero-order valence-electron chi connectivity index (χ0n) is 18.0. The van der Waals surface area contributed by atoms with Gasteiger partial charge in [0.05, 0.1) is 28.7 Å². The number of phenolic OH excluding ortho intramolecular Hbond substituents is 1. The van der Waals surface area contributed by atoms with E-state index in [2.05, 4.69) is 16.5 Å². The maximum absolute atomic E-state index is 14.5. The summed E-state index contributed by atoms with van der Waals surface area (Å²) in [5, 5.41) is 11.4. The Hall–Kier alpha value is -3.32. The summed E-state index contributed by atoms with van der Waals surface area (Å²) < 4.78 is 14.5. The number of rotatable bonds is 4. The third-order valence-electron chi connectivity index (χ3n) is 5.73. The van der Waals surface area contributed by atoms with E-state index in [0.717, 1.165) is 16.8 Å². The number of hydrogen-bond acceptors (Lipinski definition) is 5. The SMILES string of the molecule is C=CC(=O)N1CCN(c2c(N(C)C)cnc3cc(-c4c(O)cccc4F)c(Cl)cc23)CC1. The van der Waals surface area contributed by atoms with E-state index < -0.39 is 5.82 Å². The predicted octanol–water partition coefficient (Wildman–Crippen LogP) is 4.30. The second-order valence-electron chi connectivity index (χ2n) is 7.89. The molecule has 1 N–H and O–H groups in total. The first-order valence-electron chi connectivity index (χ1n) is 10.3. The zero-order chi connectivity index (χ0) is 23.0. The van der Waals surface area contributed by atoms with Crippen molar-refractivity contribution in [3.8, 4) is 16.9 Å². The third-order valence-corrected chi connectivity index (χ3v) is 6.05. The molecule has 0 unspecified atom stereocenters. The average Bonchev–Trinajstić information content (AvgIpc) is 2.78. The van der Waals surface area contributed by atoms with Gasteiger partial charge in [-0.15, -0.1) is 0 Å². The minimum absolute atomic E-state index is 0.0518. The summed E-state index contributed by atoms with van der Waals surface area (Å²) in [4.78, 5) is 22.5. The minimum atomic E-state index is -0.556. The van der Waals surface area contributed by atoms with Crippen molar-refractivity contribution in [1.29, 1.82) is 0 Å². The molecular formula is C24H24ClFN4O2. The number of anilines is 2. The number of piperazine rings is 1. The zero-order valence-corrected chi connectivity index (χ0v) is 18.7. The molecule has 1 aliphatic rings. The highest BCUT2D eigenvalue weighted by Gasteiger charge is 2.25. The number of benzene rings is 2. The molecule has 166 valence electrons. The lowest BCUT2D eigenvalue weighted by molar-refractivity contribution is -0.126. The highest BCUT2D eigenvalue weighted by Crippen LogP contribution is 2.42. The number of halogens is 2. The molecule has 0 aliphatic carbocycles. The van der Waals surface area contributed by atoms with Gasteiger partial charge >= 0.3 is 0 Å². The third kappa shape index (κ3) is 3.84. The fraction of sp³-hybridized carbons (Fsp3) is 0.250. The number of amides is 1. The Kier molecular flexibility index (Phi) is 5.93. The number of aromatic nitrogens is 1. The first-order chi connectivity index (χ1) is 15.3. The molecule has 0 bridgehead atoms. The van der Waals surface area contributed by atoms with E-state index in [4.69, 9.17) is 11.6 Å². The number of hydrogen-bond donors (Lipinski definition) is 1. The molecule has 0 radical (unpaired) electrons. The molecule has 1 aliphatic heterocycles. The number of fused-ring (bicyclic) bond motifs is 1. The van der Waals surface area contributed by atoms with E-state index in [9.17, 15) is 14.3 Å². The Balaban J connectivity index is 1.83. The predicted molar refractivity (Wildman–Crippen MR) is 127 cm³/mol. The van der Waals surface area contributed by atoms with Crippen molar-refractivity contribution in [2.24, 2.45) is 0 Å². The molecule has 6 nitrogen and oxygen atoms in total. The number of phenols is 1. The number of nitrogens with zero attached hydrogens (tertiary/aromatic N) is 4. The maximum Gasteiger partial charge on any atom is 0.246 e. The van der Waals surface area contributed by atoms with E-state index in [1.165, 1.54) is 24.3 Å². The van der Waals surface area contributed by atoms with Crippen molar-refractivity contribution in [1.82, 2.24) is 9.88 Å². The van der Waals surface area contributed by atoms with Gasteiger partial charge in [0.25, 0.3) is 0 Å². The van der Waals surface area contributed by atoms with Crippen molar-refractivity contribution in [2.45, 2.75) is 0 Å². The van der Waals surface area contributed by atoms with Crippen LogP contribution in [0.5, 0.6) is 5.75 Å². The monoisotopic (exact) mass is 454 g/mol. The van der Waals surface area contributed by atoms with Gasteiger partial charge in [0.1, 0.15) is 11.6 Å². The van der Waals surface area contributed by atoms with Gasteiger partial charge in [-0.3, -0.25) is 9.78 Å². The van der Waals surface area contributed by atoms with Crippen molar-refractivity contribution < 1.29 is 14.3 Å². The molecule has 0 atom stereocenters. The topological polar surface area (TPSA) is 59.9 Å². The van der Waals surface area contributed by atoms with Crippen LogP contribution < -0.4 is 9.80 Å². The van der Waals surface area contributed by atoms with Crippen LogP contribution in [0.15, 0.2) is 49.2 Å². The van der Waals surface area contributed by atoms with Crippen LogP contribution in [-0.4, -0.2) is 61.2 Å². The molecule has 0 spiro atoms. The van der Waals surface area contributed by atoms with E-state index >= 15 is 0 Å². The van der Waals surface area contributed by atoms with Gasteiger partial charge in [0, 0.05) is 56.2 Å². The second-order valence-corrected chi connectivity index (χ2v) is 8.29. The van der Waals surface area contributed by atoms with Gasteiger partial charge in [0.15, 0.2) is 0 Å². The standard InChI is InChI=1S/C24H24ClFN4O2/c1-4-22(32)29-8-10-30(11-9-29)24-16-12-17(25)15(23-18(26)6-5-7-21(23)31)13-19(16)27-14-20(24)28(2)3/h4-7,12-14,31H,1,8-11H2,2-3H3. The summed E-state index contributed by atoms with van der Waals surface area (Å²) in [6, 6.07) is 7.63. The molecule has 2 heterocycles. The van der Waals surface area contributed by atoms with Crippen LogP contribution in [0, 0.1) is 5.82 Å². The van der Waals surface area contributed by atoms with E-state index in [1.807, 2.05) is 19.0 Å².